The lowest BCUT2D eigenvalue weighted by Crippen LogP contribution is -2.58. The Balaban J connectivity index is 0.978. The van der Waals surface area contributed by atoms with Gasteiger partial charge in [0.1, 0.15) is 18.5 Å². The highest BCUT2D eigenvalue weighted by Crippen LogP contribution is 2.36. The summed E-state index contributed by atoms with van der Waals surface area (Å²) in [6.45, 7) is 5.60. The predicted molar refractivity (Wildman–Crippen MR) is 165 cm³/mol. The number of anilines is 1. The first kappa shape index (κ1) is 31.4. The number of carbonyl (C=O) groups excluding carboxylic acids is 4. The van der Waals surface area contributed by atoms with Crippen LogP contribution in [-0.2, 0) is 20.8 Å². The van der Waals surface area contributed by atoms with Gasteiger partial charge in [-0.15, -0.1) is 0 Å². The molecule has 1 atom stereocenters. The fourth-order valence-electron chi connectivity index (χ4n) is 6.94. The van der Waals surface area contributed by atoms with E-state index in [4.69, 9.17) is 16.3 Å². The molecule has 3 saturated heterocycles. The van der Waals surface area contributed by atoms with E-state index in [9.17, 15) is 19.2 Å². The van der Waals surface area contributed by atoms with E-state index < -0.39 is 35.5 Å². The summed E-state index contributed by atoms with van der Waals surface area (Å²) in [4.78, 5) is 60.1. The van der Waals surface area contributed by atoms with Gasteiger partial charge in [-0.05, 0) is 69.3 Å². The van der Waals surface area contributed by atoms with Gasteiger partial charge in [0.05, 0.1) is 17.1 Å². The standard InChI is InChI=1S/C32H38ClFN6O5/c33-21-1-6-28(36-18-21)45-16-11-35-22-9-12-38(13-10-22)19-20-7-14-39(15-8-20)30-24-17-29(42)40(26-4-5-27(41)37-31(26)43)32(44)23(24)2-3-25(30)34/h1-3,6,18,20,22,26,35H,4-5,7-17,19H2,(H,37,41,43). The van der Waals surface area contributed by atoms with Crippen LogP contribution >= 0.6 is 11.6 Å². The van der Waals surface area contributed by atoms with Crippen molar-refractivity contribution in [1.29, 1.82) is 0 Å². The van der Waals surface area contributed by atoms with E-state index >= 15 is 4.39 Å². The zero-order valence-corrected chi connectivity index (χ0v) is 25.9. The van der Waals surface area contributed by atoms with Crippen LogP contribution in [0.15, 0.2) is 30.5 Å². The van der Waals surface area contributed by atoms with E-state index in [-0.39, 0.29) is 24.8 Å². The van der Waals surface area contributed by atoms with Crippen LogP contribution in [-0.4, -0.2) is 96.4 Å². The summed E-state index contributed by atoms with van der Waals surface area (Å²) in [6.07, 6.45) is 5.46. The molecule has 11 nitrogen and oxygen atoms in total. The van der Waals surface area contributed by atoms with E-state index in [2.05, 4.69) is 20.5 Å². The number of piperidine rings is 3. The fourth-order valence-corrected chi connectivity index (χ4v) is 7.05. The van der Waals surface area contributed by atoms with Crippen LogP contribution in [0.25, 0.3) is 0 Å². The number of halogens is 2. The molecule has 4 aliphatic rings. The van der Waals surface area contributed by atoms with E-state index in [1.165, 1.54) is 12.1 Å². The lowest BCUT2D eigenvalue weighted by atomic mass is 9.90. The third kappa shape index (κ3) is 7.13. The molecule has 0 radical (unpaired) electrons. The van der Waals surface area contributed by atoms with E-state index in [1.54, 1.807) is 18.3 Å². The average molecular weight is 641 g/mol. The number of aromatic nitrogens is 1. The molecule has 5 heterocycles. The summed E-state index contributed by atoms with van der Waals surface area (Å²) >= 11 is 5.86. The van der Waals surface area contributed by atoms with Gasteiger partial charge < -0.3 is 19.9 Å². The predicted octanol–water partition coefficient (Wildman–Crippen LogP) is 2.55. The van der Waals surface area contributed by atoms with Gasteiger partial charge in [0.15, 0.2) is 0 Å². The second-order valence-corrected chi connectivity index (χ2v) is 12.7. The summed E-state index contributed by atoms with van der Waals surface area (Å²) in [5, 5.41) is 6.37. The summed E-state index contributed by atoms with van der Waals surface area (Å²) in [7, 11) is 0. The van der Waals surface area contributed by atoms with Crippen LogP contribution in [0.3, 0.4) is 0 Å². The Kier molecular flexibility index (Phi) is 9.62. The van der Waals surface area contributed by atoms with Crippen LogP contribution in [0.1, 0.15) is 54.4 Å². The van der Waals surface area contributed by atoms with E-state index in [0.29, 0.717) is 53.8 Å². The van der Waals surface area contributed by atoms with Crippen LogP contribution in [0.4, 0.5) is 10.1 Å². The molecule has 45 heavy (non-hydrogen) atoms. The van der Waals surface area contributed by atoms with Gasteiger partial charge in [-0.1, -0.05) is 11.6 Å². The number of likely N-dealkylation sites (tertiary alicyclic amines) is 1. The van der Waals surface area contributed by atoms with Crippen LogP contribution in [0.5, 0.6) is 5.88 Å². The molecule has 4 aliphatic heterocycles. The first-order chi connectivity index (χ1) is 21.8. The molecular formula is C32H38ClFN6O5. The number of nitrogens with zero attached hydrogens (tertiary/aromatic N) is 4. The van der Waals surface area contributed by atoms with Crippen molar-refractivity contribution in [1.82, 2.24) is 25.4 Å². The highest BCUT2D eigenvalue weighted by Gasteiger charge is 2.43. The third-order valence-electron chi connectivity index (χ3n) is 9.32. The molecule has 6 rings (SSSR count). The molecule has 2 N–H and O–H groups in total. The van der Waals surface area contributed by atoms with Crippen molar-refractivity contribution in [3.63, 3.8) is 0 Å². The van der Waals surface area contributed by atoms with Crippen molar-refractivity contribution in [2.45, 2.75) is 57.0 Å². The van der Waals surface area contributed by atoms with Crippen molar-refractivity contribution >= 4 is 40.9 Å². The summed E-state index contributed by atoms with van der Waals surface area (Å²) in [5.41, 5.74) is 0.942. The zero-order valence-electron chi connectivity index (χ0n) is 25.1. The number of benzene rings is 1. The normalized spacial score (nSPS) is 22.0. The van der Waals surface area contributed by atoms with Crippen molar-refractivity contribution in [3.05, 3.63) is 52.4 Å². The molecule has 4 amide bonds. The maximum absolute atomic E-state index is 15.3. The Morgan fingerprint density at radius 2 is 1.78 bits per heavy atom. The number of imide groups is 2. The van der Waals surface area contributed by atoms with Gasteiger partial charge in [0.25, 0.3) is 5.91 Å². The molecule has 240 valence electrons. The minimum Gasteiger partial charge on any atom is -0.476 e. The number of hydrogen-bond donors (Lipinski definition) is 2. The number of rotatable bonds is 9. The minimum atomic E-state index is -1.03. The summed E-state index contributed by atoms with van der Waals surface area (Å²) < 4.78 is 21.0. The molecule has 0 spiro atoms. The SMILES string of the molecule is O=C1CCC(N2C(=O)Cc3c(ccc(F)c3N3CCC(CN4CCC(NCCOc5ccc(Cl)cn5)CC4)CC3)C2=O)C(=O)N1. The molecule has 13 heteroatoms. The quantitative estimate of drug-likeness (QED) is 0.314. The maximum Gasteiger partial charge on any atom is 0.261 e. The molecule has 1 unspecified atom stereocenters. The number of carbonyl (C=O) groups is 4. The Labute approximate surface area is 266 Å². The number of amides is 4. The molecule has 2 aromatic rings. The van der Waals surface area contributed by atoms with Crippen LogP contribution in [0.2, 0.25) is 5.02 Å². The number of fused-ring (bicyclic) bond motifs is 1. The monoisotopic (exact) mass is 640 g/mol. The van der Waals surface area contributed by atoms with Crippen molar-refractivity contribution < 1.29 is 28.3 Å². The molecule has 1 aromatic heterocycles. The van der Waals surface area contributed by atoms with Gasteiger partial charge in [-0.25, -0.2) is 9.37 Å². The molecule has 0 saturated carbocycles. The van der Waals surface area contributed by atoms with Gasteiger partial charge in [-0.2, -0.15) is 0 Å². The molecule has 0 aliphatic carbocycles. The van der Waals surface area contributed by atoms with Gasteiger partial charge in [-0.3, -0.25) is 29.4 Å². The fraction of sp³-hybridized carbons (Fsp3) is 0.531. The summed E-state index contributed by atoms with van der Waals surface area (Å²) in [5.74, 6) is -1.64. The number of hydrogen-bond acceptors (Lipinski definition) is 9. The van der Waals surface area contributed by atoms with Gasteiger partial charge >= 0.3 is 0 Å². The number of ether oxygens (including phenoxy) is 1. The van der Waals surface area contributed by atoms with Gasteiger partial charge in [0.2, 0.25) is 23.6 Å². The van der Waals surface area contributed by atoms with Gasteiger partial charge in [0, 0.05) is 62.0 Å². The van der Waals surface area contributed by atoms with Crippen molar-refractivity contribution in [3.8, 4) is 5.88 Å². The largest absolute Gasteiger partial charge is 0.476 e. The van der Waals surface area contributed by atoms with Crippen molar-refractivity contribution in [2.24, 2.45) is 5.92 Å². The molecular weight excluding hydrogens is 603 g/mol. The lowest BCUT2D eigenvalue weighted by Gasteiger charge is -2.40. The Morgan fingerprint density at radius 3 is 2.49 bits per heavy atom. The van der Waals surface area contributed by atoms with Crippen LogP contribution in [0, 0.1) is 11.7 Å². The molecule has 1 aromatic carbocycles. The Morgan fingerprint density at radius 1 is 1.00 bits per heavy atom. The number of pyridine rings is 1. The van der Waals surface area contributed by atoms with E-state index in [1.807, 2.05) is 4.90 Å². The Hall–Kier alpha value is -3.61. The second-order valence-electron chi connectivity index (χ2n) is 12.3. The minimum absolute atomic E-state index is 0.0538. The Bertz CT molecular complexity index is 1440. The first-order valence-electron chi connectivity index (χ1n) is 15.7. The number of nitrogens with one attached hydrogen (secondary N) is 2. The first-order valence-corrected chi connectivity index (χ1v) is 16.1. The lowest BCUT2D eigenvalue weighted by molar-refractivity contribution is -0.143. The second kappa shape index (κ2) is 13.8. The third-order valence-corrected chi connectivity index (χ3v) is 9.54. The summed E-state index contributed by atoms with van der Waals surface area (Å²) in [6, 6.07) is 5.61. The smallest absolute Gasteiger partial charge is 0.261 e. The van der Waals surface area contributed by atoms with E-state index in [0.717, 1.165) is 56.8 Å². The van der Waals surface area contributed by atoms with Crippen LogP contribution < -0.4 is 20.3 Å². The maximum atomic E-state index is 15.3. The van der Waals surface area contributed by atoms with Crippen molar-refractivity contribution in [2.75, 3.05) is 50.8 Å². The highest BCUT2D eigenvalue weighted by molar-refractivity contribution is 6.30. The zero-order chi connectivity index (χ0) is 31.5. The highest BCUT2D eigenvalue weighted by atomic mass is 35.5. The topological polar surface area (TPSA) is 124 Å². The molecule has 3 fully saturated rings. The average Bonchev–Trinajstić information content (AvgIpc) is 3.02. The molecule has 0 bridgehead atoms.